The van der Waals surface area contributed by atoms with Crippen LogP contribution in [0, 0.1) is 5.92 Å². The lowest BCUT2D eigenvalue weighted by Crippen LogP contribution is -2.44. The number of likely N-dealkylation sites (tertiary alicyclic amines) is 1. The van der Waals surface area contributed by atoms with E-state index in [2.05, 4.69) is 17.4 Å². The van der Waals surface area contributed by atoms with E-state index >= 15 is 0 Å². The number of benzene rings is 2. The summed E-state index contributed by atoms with van der Waals surface area (Å²) in [6.45, 7) is 1.19. The number of hydrogen-bond acceptors (Lipinski definition) is 2. The van der Waals surface area contributed by atoms with Crippen molar-refractivity contribution in [3.63, 3.8) is 0 Å². The predicted octanol–water partition coefficient (Wildman–Crippen LogP) is 4.41. The average Bonchev–Trinajstić information content (AvgIpc) is 2.62. The number of nitrogens with zero attached hydrogens (tertiary/aromatic N) is 1. The van der Waals surface area contributed by atoms with Gasteiger partial charge in [-0.15, -0.1) is 0 Å². The Morgan fingerprint density at radius 1 is 1.00 bits per heavy atom. The molecule has 6 heteroatoms. The number of carbonyl (C=O) groups excluding carboxylic acids is 2. The second-order valence-electron chi connectivity index (χ2n) is 6.54. The molecule has 2 amide bonds. The molecule has 0 bridgehead atoms. The highest BCUT2D eigenvalue weighted by atomic mass is 35.5. The van der Waals surface area contributed by atoms with E-state index in [4.69, 9.17) is 23.2 Å². The van der Waals surface area contributed by atoms with Gasteiger partial charge in [0.1, 0.15) is 0 Å². The smallest absolute Gasteiger partial charge is 0.313 e. The molecule has 1 saturated heterocycles. The molecule has 0 unspecified atom stereocenters. The van der Waals surface area contributed by atoms with E-state index in [1.54, 1.807) is 23.1 Å². The number of rotatable bonds is 3. The highest BCUT2D eigenvalue weighted by molar-refractivity contribution is 6.40. The fourth-order valence-electron chi connectivity index (χ4n) is 3.24. The molecule has 2 aromatic rings. The lowest BCUT2D eigenvalue weighted by molar-refractivity contribution is -0.144. The third-order valence-electron chi connectivity index (χ3n) is 4.58. The van der Waals surface area contributed by atoms with Crippen molar-refractivity contribution < 1.29 is 9.59 Å². The molecule has 1 heterocycles. The van der Waals surface area contributed by atoms with Crippen molar-refractivity contribution in [2.75, 3.05) is 18.4 Å². The van der Waals surface area contributed by atoms with Crippen LogP contribution in [0.15, 0.2) is 48.5 Å². The maximum Gasteiger partial charge on any atom is 0.313 e. The highest BCUT2D eigenvalue weighted by Crippen LogP contribution is 2.24. The zero-order valence-electron chi connectivity index (χ0n) is 14.3. The van der Waals surface area contributed by atoms with Crippen LogP contribution in [0.3, 0.4) is 0 Å². The number of piperidine rings is 1. The molecule has 0 spiro atoms. The van der Waals surface area contributed by atoms with Gasteiger partial charge in [-0.1, -0.05) is 53.5 Å². The van der Waals surface area contributed by atoms with Crippen molar-refractivity contribution in [2.45, 2.75) is 19.3 Å². The summed E-state index contributed by atoms with van der Waals surface area (Å²) in [6, 6.07) is 15.0. The van der Waals surface area contributed by atoms with Crippen molar-refractivity contribution in [3.05, 3.63) is 64.1 Å². The molecule has 1 aliphatic rings. The number of hydrogen-bond donors (Lipinski definition) is 1. The SMILES string of the molecule is O=C(Nc1cc(Cl)cc(Cl)c1)C(=O)N1CCC(Cc2ccccc2)CC1. The van der Waals surface area contributed by atoms with Crippen LogP contribution >= 0.6 is 23.2 Å². The minimum absolute atomic E-state index is 0.405. The van der Waals surface area contributed by atoms with Gasteiger partial charge in [0, 0.05) is 28.8 Å². The first kappa shape index (κ1) is 18.7. The Morgan fingerprint density at radius 3 is 2.23 bits per heavy atom. The lowest BCUT2D eigenvalue weighted by Gasteiger charge is -2.31. The number of anilines is 1. The largest absolute Gasteiger partial charge is 0.334 e. The molecule has 0 radical (unpaired) electrons. The van der Waals surface area contributed by atoms with Gasteiger partial charge in [-0.05, 0) is 48.9 Å². The van der Waals surface area contributed by atoms with Gasteiger partial charge in [0.15, 0.2) is 0 Å². The van der Waals surface area contributed by atoms with E-state index in [1.165, 1.54) is 5.56 Å². The molecular formula is C20H20Cl2N2O2. The van der Waals surface area contributed by atoms with Crippen molar-refractivity contribution in [2.24, 2.45) is 5.92 Å². The highest BCUT2D eigenvalue weighted by Gasteiger charge is 2.27. The first-order valence-electron chi connectivity index (χ1n) is 8.61. The zero-order valence-corrected chi connectivity index (χ0v) is 15.8. The van der Waals surface area contributed by atoms with E-state index in [-0.39, 0.29) is 0 Å². The van der Waals surface area contributed by atoms with E-state index < -0.39 is 11.8 Å². The normalized spacial score (nSPS) is 14.9. The standard InChI is InChI=1S/C20H20Cl2N2O2/c21-16-11-17(22)13-18(12-16)23-19(25)20(26)24-8-6-15(7-9-24)10-14-4-2-1-3-5-14/h1-5,11-13,15H,6-10H2,(H,23,25). The van der Waals surface area contributed by atoms with Gasteiger partial charge in [-0.3, -0.25) is 9.59 Å². The van der Waals surface area contributed by atoms with Crippen LogP contribution < -0.4 is 5.32 Å². The quantitative estimate of drug-likeness (QED) is 0.788. The fraction of sp³-hybridized carbons (Fsp3) is 0.300. The van der Waals surface area contributed by atoms with Gasteiger partial charge < -0.3 is 10.2 Å². The summed E-state index contributed by atoms with van der Waals surface area (Å²) >= 11 is 11.8. The van der Waals surface area contributed by atoms with Gasteiger partial charge in [-0.2, -0.15) is 0 Å². The Kier molecular flexibility index (Phi) is 6.17. The summed E-state index contributed by atoms with van der Waals surface area (Å²) in [5, 5.41) is 3.38. The monoisotopic (exact) mass is 390 g/mol. The molecule has 3 rings (SSSR count). The van der Waals surface area contributed by atoms with Crippen LogP contribution in [-0.2, 0) is 16.0 Å². The summed E-state index contributed by atoms with van der Waals surface area (Å²) in [6.07, 6.45) is 2.81. The van der Waals surface area contributed by atoms with Crippen molar-refractivity contribution >= 4 is 40.7 Å². The molecule has 1 fully saturated rings. The number of amides is 2. The maximum atomic E-state index is 12.4. The average molecular weight is 391 g/mol. The van der Waals surface area contributed by atoms with Crippen molar-refractivity contribution in [1.29, 1.82) is 0 Å². The Bertz CT molecular complexity index is 767. The van der Waals surface area contributed by atoms with E-state index in [0.717, 1.165) is 19.3 Å². The topological polar surface area (TPSA) is 49.4 Å². The van der Waals surface area contributed by atoms with Crippen LogP contribution in [0.4, 0.5) is 5.69 Å². The second kappa shape index (κ2) is 8.56. The van der Waals surface area contributed by atoms with E-state index in [0.29, 0.717) is 34.7 Å². The van der Waals surface area contributed by atoms with Crippen LogP contribution in [0.2, 0.25) is 10.0 Å². The van der Waals surface area contributed by atoms with Gasteiger partial charge >= 0.3 is 11.8 Å². The molecule has 0 aliphatic carbocycles. The third kappa shape index (κ3) is 4.99. The van der Waals surface area contributed by atoms with Gasteiger partial charge in [0.2, 0.25) is 0 Å². The predicted molar refractivity (Wildman–Crippen MR) is 105 cm³/mol. The third-order valence-corrected chi connectivity index (χ3v) is 5.02. The summed E-state index contributed by atoms with van der Waals surface area (Å²) in [5.74, 6) is -0.639. The van der Waals surface area contributed by atoms with Gasteiger partial charge in [-0.25, -0.2) is 0 Å². The number of halogens is 2. The molecule has 0 aromatic heterocycles. The summed E-state index contributed by atoms with van der Waals surface area (Å²) < 4.78 is 0. The molecule has 2 aromatic carbocycles. The first-order valence-corrected chi connectivity index (χ1v) is 9.37. The second-order valence-corrected chi connectivity index (χ2v) is 7.41. The van der Waals surface area contributed by atoms with Gasteiger partial charge in [0.25, 0.3) is 0 Å². The van der Waals surface area contributed by atoms with Crippen LogP contribution in [0.1, 0.15) is 18.4 Å². The Labute approximate surface area is 163 Å². The van der Waals surface area contributed by atoms with Crippen molar-refractivity contribution in [1.82, 2.24) is 4.90 Å². The van der Waals surface area contributed by atoms with E-state index in [9.17, 15) is 9.59 Å². The Hall–Kier alpha value is -2.04. The molecule has 1 N–H and O–H groups in total. The lowest BCUT2D eigenvalue weighted by atomic mass is 9.90. The minimum atomic E-state index is -0.662. The fourth-order valence-corrected chi connectivity index (χ4v) is 3.77. The van der Waals surface area contributed by atoms with Crippen LogP contribution in [0.5, 0.6) is 0 Å². The molecule has 0 atom stereocenters. The molecule has 136 valence electrons. The number of carbonyl (C=O) groups is 2. The number of nitrogens with one attached hydrogen (secondary N) is 1. The first-order chi connectivity index (χ1) is 12.5. The summed E-state index contributed by atoms with van der Waals surface area (Å²) in [5.41, 5.74) is 1.73. The van der Waals surface area contributed by atoms with E-state index in [1.807, 2.05) is 18.2 Å². The van der Waals surface area contributed by atoms with Gasteiger partial charge in [0.05, 0.1) is 0 Å². The molecule has 0 saturated carbocycles. The van der Waals surface area contributed by atoms with Crippen molar-refractivity contribution in [3.8, 4) is 0 Å². The summed E-state index contributed by atoms with van der Waals surface area (Å²) in [7, 11) is 0. The maximum absolute atomic E-state index is 12.4. The zero-order chi connectivity index (χ0) is 18.5. The molecule has 4 nitrogen and oxygen atoms in total. The minimum Gasteiger partial charge on any atom is -0.334 e. The summed E-state index contributed by atoms with van der Waals surface area (Å²) in [4.78, 5) is 26.2. The Balaban J connectivity index is 1.52. The van der Waals surface area contributed by atoms with Crippen LogP contribution in [-0.4, -0.2) is 29.8 Å². The molecule has 26 heavy (non-hydrogen) atoms. The molecule has 1 aliphatic heterocycles. The Morgan fingerprint density at radius 2 is 1.62 bits per heavy atom. The van der Waals surface area contributed by atoms with Crippen LogP contribution in [0.25, 0.3) is 0 Å². The molecular weight excluding hydrogens is 371 g/mol.